The monoisotopic (exact) mass is 453 g/mol. The van der Waals surface area contributed by atoms with Crippen LogP contribution in [0.2, 0.25) is 0 Å². The molecule has 31 heavy (non-hydrogen) atoms. The van der Waals surface area contributed by atoms with E-state index >= 15 is 0 Å². The van der Waals surface area contributed by atoms with Crippen molar-refractivity contribution in [2.75, 3.05) is 11.9 Å². The van der Waals surface area contributed by atoms with Gasteiger partial charge in [0.2, 0.25) is 5.92 Å². The molecular weight excluding hydrogens is 432 g/mol. The van der Waals surface area contributed by atoms with Crippen LogP contribution >= 0.6 is 0 Å². The van der Waals surface area contributed by atoms with Crippen molar-refractivity contribution in [3.05, 3.63) is 64.2 Å². The highest BCUT2D eigenvalue weighted by molar-refractivity contribution is 7.90. The van der Waals surface area contributed by atoms with Gasteiger partial charge in [0.05, 0.1) is 9.82 Å². The number of hydrogen-bond acceptors (Lipinski definition) is 6. The molecule has 2 N–H and O–H groups in total. The van der Waals surface area contributed by atoms with Gasteiger partial charge in [-0.1, -0.05) is 18.2 Å². The number of nitro groups is 1. The summed E-state index contributed by atoms with van der Waals surface area (Å²) >= 11 is 0. The summed E-state index contributed by atoms with van der Waals surface area (Å²) in [6.45, 7) is 0.258. The zero-order chi connectivity index (χ0) is 22.6. The molecular formula is C20H21F2N3O5S. The van der Waals surface area contributed by atoms with E-state index in [-0.39, 0.29) is 36.6 Å². The summed E-state index contributed by atoms with van der Waals surface area (Å²) < 4.78 is 53.5. The van der Waals surface area contributed by atoms with E-state index in [0.29, 0.717) is 12.8 Å². The molecule has 2 aromatic rings. The average molecular weight is 453 g/mol. The van der Waals surface area contributed by atoms with E-state index in [2.05, 4.69) is 5.32 Å². The molecule has 11 heteroatoms. The van der Waals surface area contributed by atoms with E-state index in [1.54, 1.807) is 18.2 Å². The lowest BCUT2D eigenvalue weighted by atomic mass is 9.87. The first-order chi connectivity index (χ1) is 14.6. The molecule has 3 rings (SSSR count). The highest BCUT2D eigenvalue weighted by atomic mass is 32.2. The minimum Gasteiger partial charge on any atom is -0.379 e. The predicted molar refractivity (Wildman–Crippen MR) is 110 cm³/mol. The first-order valence-corrected chi connectivity index (χ1v) is 11.1. The Morgan fingerprint density at radius 1 is 1.13 bits per heavy atom. The smallest absolute Gasteiger partial charge is 0.293 e. The lowest BCUT2D eigenvalue weighted by molar-refractivity contribution is -0.384. The molecule has 0 bridgehead atoms. The van der Waals surface area contributed by atoms with E-state index in [1.807, 2.05) is 4.72 Å². The van der Waals surface area contributed by atoms with Crippen LogP contribution in [-0.2, 0) is 10.0 Å². The normalized spacial score (nSPS) is 16.5. The van der Waals surface area contributed by atoms with Gasteiger partial charge in [0.1, 0.15) is 5.69 Å². The van der Waals surface area contributed by atoms with Crippen LogP contribution in [0.3, 0.4) is 0 Å². The van der Waals surface area contributed by atoms with E-state index in [9.17, 15) is 32.1 Å². The zero-order valence-corrected chi connectivity index (χ0v) is 17.2. The van der Waals surface area contributed by atoms with Gasteiger partial charge in [-0.3, -0.25) is 14.9 Å². The van der Waals surface area contributed by atoms with Gasteiger partial charge < -0.3 is 5.32 Å². The molecule has 0 aliphatic heterocycles. The number of benzene rings is 2. The van der Waals surface area contributed by atoms with Crippen molar-refractivity contribution in [1.29, 1.82) is 0 Å². The number of anilines is 1. The first kappa shape index (κ1) is 22.6. The minimum atomic E-state index is -4.34. The molecule has 1 saturated carbocycles. The fourth-order valence-corrected chi connectivity index (χ4v) is 4.36. The Kier molecular flexibility index (Phi) is 6.54. The number of hydrogen-bond donors (Lipinski definition) is 2. The number of nitro benzene ring substituents is 1. The van der Waals surface area contributed by atoms with Crippen molar-refractivity contribution in [1.82, 2.24) is 4.72 Å². The zero-order valence-electron chi connectivity index (χ0n) is 16.4. The number of carbonyl (C=O) groups excluding carboxylic acids is 1. The SMILES string of the molecule is O=C(NS(=O)(=O)c1ccc(NCC2CCC(F)(F)CC2)c([N+](=O)[O-])c1)c1ccccc1. The second-order valence-electron chi connectivity index (χ2n) is 7.42. The van der Waals surface area contributed by atoms with E-state index in [0.717, 1.165) is 12.1 Å². The van der Waals surface area contributed by atoms with Gasteiger partial charge in [-0.15, -0.1) is 0 Å². The summed E-state index contributed by atoms with van der Waals surface area (Å²) in [7, 11) is -4.34. The van der Waals surface area contributed by atoms with Crippen LogP contribution in [0.1, 0.15) is 36.0 Å². The van der Waals surface area contributed by atoms with Crippen molar-refractivity contribution in [3.8, 4) is 0 Å². The number of nitrogens with zero attached hydrogens (tertiary/aromatic N) is 1. The highest BCUT2D eigenvalue weighted by Gasteiger charge is 2.35. The van der Waals surface area contributed by atoms with Crippen LogP contribution in [0.25, 0.3) is 0 Å². The van der Waals surface area contributed by atoms with Gasteiger partial charge in [0.25, 0.3) is 21.6 Å². The topological polar surface area (TPSA) is 118 Å². The fourth-order valence-electron chi connectivity index (χ4n) is 3.37. The van der Waals surface area contributed by atoms with Crippen LogP contribution in [-0.4, -0.2) is 31.7 Å². The van der Waals surface area contributed by atoms with Crippen molar-refractivity contribution >= 4 is 27.3 Å². The Morgan fingerprint density at radius 3 is 2.39 bits per heavy atom. The maximum atomic E-state index is 13.3. The van der Waals surface area contributed by atoms with Gasteiger partial charge in [0.15, 0.2) is 0 Å². The summed E-state index contributed by atoms with van der Waals surface area (Å²) in [5, 5.41) is 14.3. The second-order valence-corrected chi connectivity index (χ2v) is 9.10. The third-order valence-corrected chi connectivity index (χ3v) is 6.49. The lowest BCUT2D eigenvalue weighted by Crippen LogP contribution is -2.30. The van der Waals surface area contributed by atoms with Crippen LogP contribution in [0.5, 0.6) is 0 Å². The molecule has 0 atom stereocenters. The highest BCUT2D eigenvalue weighted by Crippen LogP contribution is 2.36. The maximum absolute atomic E-state index is 13.3. The molecule has 0 radical (unpaired) electrons. The van der Waals surface area contributed by atoms with Gasteiger partial charge in [-0.2, -0.15) is 0 Å². The summed E-state index contributed by atoms with van der Waals surface area (Å²) in [6, 6.07) is 10.9. The largest absolute Gasteiger partial charge is 0.379 e. The third-order valence-electron chi connectivity index (χ3n) is 5.16. The standard InChI is InChI=1S/C20H21F2N3O5S/c21-20(22)10-8-14(9-11-20)13-23-17-7-6-16(12-18(17)25(27)28)31(29,30)24-19(26)15-4-2-1-3-5-15/h1-7,12,14,23H,8-11,13H2,(H,24,26). The van der Waals surface area contributed by atoms with Crippen LogP contribution < -0.4 is 10.0 Å². The quantitative estimate of drug-likeness (QED) is 0.484. The summed E-state index contributed by atoms with van der Waals surface area (Å²) in [4.78, 5) is 22.4. The van der Waals surface area contributed by atoms with Gasteiger partial charge in [-0.05, 0) is 43.0 Å². The lowest BCUT2D eigenvalue weighted by Gasteiger charge is -2.28. The van der Waals surface area contributed by atoms with Crippen molar-refractivity contribution in [3.63, 3.8) is 0 Å². The molecule has 0 heterocycles. The van der Waals surface area contributed by atoms with Gasteiger partial charge in [0, 0.05) is 31.0 Å². The number of sulfonamides is 1. The van der Waals surface area contributed by atoms with Gasteiger partial charge >= 0.3 is 0 Å². The van der Waals surface area contributed by atoms with Gasteiger partial charge in [-0.25, -0.2) is 21.9 Å². The number of halogens is 2. The van der Waals surface area contributed by atoms with Crippen LogP contribution in [0.15, 0.2) is 53.4 Å². The summed E-state index contributed by atoms with van der Waals surface area (Å²) in [5.41, 5.74) is -0.288. The molecule has 0 unspecified atom stereocenters. The number of rotatable bonds is 7. The Hall–Kier alpha value is -3.08. The van der Waals surface area contributed by atoms with Crippen molar-refractivity contribution < 1.29 is 26.9 Å². The second kappa shape index (κ2) is 8.96. The maximum Gasteiger partial charge on any atom is 0.293 e. The third kappa shape index (κ3) is 5.75. The van der Waals surface area contributed by atoms with Crippen molar-refractivity contribution in [2.24, 2.45) is 5.92 Å². The van der Waals surface area contributed by atoms with Crippen LogP contribution in [0.4, 0.5) is 20.2 Å². The van der Waals surface area contributed by atoms with E-state index in [4.69, 9.17) is 0 Å². The molecule has 0 aromatic heterocycles. The summed E-state index contributed by atoms with van der Waals surface area (Å²) in [5.74, 6) is -3.59. The molecule has 0 spiro atoms. The number of alkyl halides is 2. The molecule has 1 aliphatic carbocycles. The molecule has 2 aromatic carbocycles. The minimum absolute atomic E-state index is 0.0622. The Bertz CT molecular complexity index is 1070. The molecule has 8 nitrogen and oxygen atoms in total. The van der Waals surface area contributed by atoms with Crippen LogP contribution in [0, 0.1) is 16.0 Å². The number of amides is 1. The van der Waals surface area contributed by atoms with Crippen molar-refractivity contribution in [2.45, 2.75) is 36.5 Å². The molecule has 1 aliphatic rings. The molecule has 1 fully saturated rings. The molecule has 0 saturated heterocycles. The number of nitrogens with one attached hydrogen (secondary N) is 2. The average Bonchev–Trinajstić information content (AvgIpc) is 2.73. The fraction of sp³-hybridized carbons (Fsp3) is 0.350. The Balaban J connectivity index is 1.73. The molecule has 166 valence electrons. The molecule has 1 amide bonds. The number of carbonyl (C=O) groups is 1. The summed E-state index contributed by atoms with van der Waals surface area (Å²) in [6.07, 6.45) is 0.150. The van der Waals surface area contributed by atoms with E-state index in [1.165, 1.54) is 18.2 Å². The Morgan fingerprint density at radius 2 is 1.77 bits per heavy atom. The van der Waals surface area contributed by atoms with E-state index < -0.39 is 37.4 Å². The first-order valence-electron chi connectivity index (χ1n) is 9.60. The Labute approximate surface area is 177 Å². The predicted octanol–water partition coefficient (Wildman–Crippen LogP) is 3.95.